The van der Waals surface area contributed by atoms with Crippen LogP contribution in [0.5, 0.6) is 0 Å². The predicted molar refractivity (Wildman–Crippen MR) is 108 cm³/mol. The van der Waals surface area contributed by atoms with Crippen LogP contribution in [-0.2, 0) is 6.42 Å². The van der Waals surface area contributed by atoms with Crippen LogP contribution in [0.25, 0.3) is 5.57 Å². The molecule has 3 aromatic rings. The summed E-state index contributed by atoms with van der Waals surface area (Å²) in [5.41, 5.74) is 4.04. The highest BCUT2D eigenvalue weighted by Crippen LogP contribution is 2.35. The Morgan fingerprint density at radius 1 is 0.889 bits per heavy atom. The fourth-order valence-corrected chi connectivity index (χ4v) is 3.84. The van der Waals surface area contributed by atoms with E-state index < -0.39 is 5.69 Å². The summed E-state index contributed by atoms with van der Waals surface area (Å²) >= 11 is 0. The first-order chi connectivity index (χ1) is 13.2. The van der Waals surface area contributed by atoms with Gasteiger partial charge in [-0.1, -0.05) is 66.7 Å². The standard InChI is InChI=1S/C23H22N2O2/c26-22-20(15-16-7-3-1-4-8-16)21(24-23(27)25-22)19-13-11-18(12-14-19)17-9-5-2-6-10-17/h1-10,13,18H,11-12,14-15H2,(H2,24,25,26,27)/t18-/m0/s1. The van der Waals surface area contributed by atoms with E-state index in [0.717, 1.165) is 30.4 Å². The van der Waals surface area contributed by atoms with Gasteiger partial charge >= 0.3 is 5.69 Å². The van der Waals surface area contributed by atoms with Gasteiger partial charge in [0.25, 0.3) is 5.56 Å². The molecule has 0 unspecified atom stereocenters. The molecule has 0 radical (unpaired) electrons. The van der Waals surface area contributed by atoms with E-state index in [1.54, 1.807) is 0 Å². The third-order valence-electron chi connectivity index (χ3n) is 5.27. The Labute approximate surface area is 157 Å². The summed E-state index contributed by atoms with van der Waals surface area (Å²) < 4.78 is 0. The molecule has 0 aliphatic heterocycles. The number of hydrogen-bond acceptors (Lipinski definition) is 2. The Morgan fingerprint density at radius 2 is 1.59 bits per heavy atom. The highest BCUT2D eigenvalue weighted by Gasteiger charge is 2.20. The van der Waals surface area contributed by atoms with E-state index in [1.165, 1.54) is 5.56 Å². The maximum Gasteiger partial charge on any atom is 0.326 e. The van der Waals surface area contributed by atoms with Crippen LogP contribution in [0.1, 0.15) is 47.6 Å². The first-order valence-electron chi connectivity index (χ1n) is 9.34. The van der Waals surface area contributed by atoms with E-state index in [2.05, 4.69) is 40.3 Å². The summed E-state index contributed by atoms with van der Waals surface area (Å²) in [6.45, 7) is 0. The molecule has 4 rings (SSSR count). The lowest BCUT2D eigenvalue weighted by Gasteiger charge is -2.23. The van der Waals surface area contributed by atoms with E-state index >= 15 is 0 Å². The average molecular weight is 358 g/mol. The Balaban J connectivity index is 1.66. The van der Waals surface area contributed by atoms with Gasteiger partial charge in [-0.25, -0.2) is 4.79 Å². The number of nitrogens with one attached hydrogen (secondary N) is 2. The number of allylic oxidation sites excluding steroid dienone is 2. The van der Waals surface area contributed by atoms with Crippen LogP contribution in [0.15, 0.2) is 76.3 Å². The van der Waals surface area contributed by atoms with E-state index in [9.17, 15) is 9.59 Å². The van der Waals surface area contributed by atoms with Crippen molar-refractivity contribution in [2.45, 2.75) is 31.6 Å². The van der Waals surface area contributed by atoms with Crippen LogP contribution < -0.4 is 11.2 Å². The largest absolute Gasteiger partial charge is 0.326 e. The Hall–Kier alpha value is -3.14. The Kier molecular flexibility index (Phi) is 4.88. The summed E-state index contributed by atoms with van der Waals surface area (Å²) in [5.74, 6) is 0.487. The van der Waals surface area contributed by atoms with Crippen molar-refractivity contribution in [2.75, 3.05) is 0 Å². The fraction of sp³-hybridized carbons (Fsp3) is 0.217. The topological polar surface area (TPSA) is 65.7 Å². The van der Waals surface area contributed by atoms with Crippen molar-refractivity contribution in [3.05, 3.63) is 110 Å². The third kappa shape index (κ3) is 3.85. The second-order valence-corrected chi connectivity index (χ2v) is 7.04. The molecule has 4 heteroatoms. The van der Waals surface area contributed by atoms with Gasteiger partial charge < -0.3 is 4.98 Å². The van der Waals surface area contributed by atoms with Crippen molar-refractivity contribution in [2.24, 2.45) is 0 Å². The highest BCUT2D eigenvalue weighted by atomic mass is 16.2. The fourth-order valence-electron chi connectivity index (χ4n) is 3.84. The Morgan fingerprint density at radius 3 is 2.26 bits per heavy atom. The molecule has 136 valence electrons. The molecule has 0 fully saturated rings. The summed E-state index contributed by atoms with van der Waals surface area (Å²) in [7, 11) is 0. The summed E-state index contributed by atoms with van der Waals surface area (Å²) in [4.78, 5) is 29.7. The molecule has 2 N–H and O–H groups in total. The van der Waals surface area contributed by atoms with Crippen molar-refractivity contribution >= 4 is 5.57 Å². The first kappa shape index (κ1) is 17.3. The molecule has 0 bridgehead atoms. The van der Waals surface area contributed by atoms with Crippen molar-refractivity contribution in [3.63, 3.8) is 0 Å². The van der Waals surface area contributed by atoms with Gasteiger partial charge in [-0.3, -0.25) is 9.78 Å². The zero-order valence-electron chi connectivity index (χ0n) is 15.1. The van der Waals surface area contributed by atoms with Gasteiger partial charge in [0.15, 0.2) is 0 Å². The zero-order valence-corrected chi connectivity index (χ0v) is 15.1. The van der Waals surface area contributed by atoms with Gasteiger partial charge in [0.05, 0.1) is 5.69 Å². The molecule has 0 saturated heterocycles. The number of benzene rings is 2. The van der Waals surface area contributed by atoms with Crippen LogP contribution >= 0.6 is 0 Å². The van der Waals surface area contributed by atoms with Gasteiger partial charge in [0.1, 0.15) is 0 Å². The van der Waals surface area contributed by atoms with E-state index in [4.69, 9.17) is 0 Å². The minimum atomic E-state index is -0.446. The lowest BCUT2D eigenvalue weighted by molar-refractivity contribution is 0.624. The van der Waals surface area contributed by atoms with E-state index in [1.807, 2.05) is 36.4 Å². The number of hydrogen-bond donors (Lipinski definition) is 2. The van der Waals surface area contributed by atoms with Gasteiger partial charge in [-0.2, -0.15) is 0 Å². The van der Waals surface area contributed by atoms with Crippen LogP contribution in [0.3, 0.4) is 0 Å². The molecule has 1 aliphatic carbocycles. The SMILES string of the molecule is O=c1[nH]c(C2=CC[C@H](c3ccccc3)CC2)c(Cc2ccccc2)c(=O)[nH]1. The van der Waals surface area contributed by atoms with Crippen molar-refractivity contribution in [1.82, 2.24) is 9.97 Å². The minimum absolute atomic E-state index is 0.302. The van der Waals surface area contributed by atoms with Crippen molar-refractivity contribution in [1.29, 1.82) is 0 Å². The second kappa shape index (κ2) is 7.62. The second-order valence-electron chi connectivity index (χ2n) is 7.04. The van der Waals surface area contributed by atoms with Gasteiger partial charge in [0.2, 0.25) is 0 Å². The van der Waals surface area contributed by atoms with Gasteiger partial charge in [-0.15, -0.1) is 0 Å². The smallest absolute Gasteiger partial charge is 0.307 e. The molecule has 27 heavy (non-hydrogen) atoms. The molecule has 4 nitrogen and oxygen atoms in total. The number of rotatable bonds is 4. The molecule has 1 aliphatic rings. The Bertz CT molecular complexity index is 1060. The van der Waals surface area contributed by atoms with Crippen molar-refractivity contribution < 1.29 is 0 Å². The van der Waals surface area contributed by atoms with Gasteiger partial charge in [0, 0.05) is 12.0 Å². The predicted octanol–water partition coefficient (Wildman–Crippen LogP) is 4.01. The number of aromatic amines is 2. The molecule has 0 saturated carbocycles. The number of aromatic nitrogens is 2. The lowest BCUT2D eigenvalue weighted by atomic mass is 9.83. The highest BCUT2D eigenvalue weighted by molar-refractivity contribution is 5.66. The maximum absolute atomic E-state index is 12.5. The third-order valence-corrected chi connectivity index (χ3v) is 5.27. The molecule has 0 spiro atoms. The van der Waals surface area contributed by atoms with E-state index in [-0.39, 0.29) is 5.56 Å². The average Bonchev–Trinajstić information content (AvgIpc) is 2.71. The molecule has 0 amide bonds. The quantitative estimate of drug-likeness (QED) is 0.740. The summed E-state index contributed by atoms with van der Waals surface area (Å²) in [6, 6.07) is 20.4. The molecule has 2 aromatic carbocycles. The molecular formula is C23H22N2O2. The summed E-state index contributed by atoms with van der Waals surface area (Å²) in [5, 5.41) is 0. The van der Waals surface area contributed by atoms with Gasteiger partial charge in [-0.05, 0) is 41.9 Å². The van der Waals surface area contributed by atoms with Crippen molar-refractivity contribution in [3.8, 4) is 0 Å². The minimum Gasteiger partial charge on any atom is -0.307 e. The maximum atomic E-state index is 12.5. The van der Waals surface area contributed by atoms with Crippen LogP contribution in [-0.4, -0.2) is 9.97 Å². The number of H-pyrrole nitrogens is 2. The van der Waals surface area contributed by atoms with E-state index in [0.29, 0.717) is 23.6 Å². The van der Waals surface area contributed by atoms with Crippen LogP contribution in [0.4, 0.5) is 0 Å². The molecule has 1 atom stereocenters. The molecule has 1 heterocycles. The zero-order chi connectivity index (χ0) is 18.6. The van der Waals surface area contributed by atoms with Crippen LogP contribution in [0.2, 0.25) is 0 Å². The summed E-state index contributed by atoms with van der Waals surface area (Å²) in [6.07, 6.45) is 5.46. The van der Waals surface area contributed by atoms with Crippen LogP contribution in [0, 0.1) is 0 Å². The molecule has 1 aromatic heterocycles. The monoisotopic (exact) mass is 358 g/mol. The normalized spacial score (nSPS) is 16.7. The first-order valence-corrected chi connectivity index (χ1v) is 9.34. The molecular weight excluding hydrogens is 336 g/mol. The lowest BCUT2D eigenvalue weighted by Crippen LogP contribution is -2.28.